The van der Waals surface area contributed by atoms with E-state index in [1.165, 1.54) is 18.5 Å². The molecule has 0 saturated heterocycles. The zero-order chi connectivity index (χ0) is 19.0. The van der Waals surface area contributed by atoms with Gasteiger partial charge in [0.15, 0.2) is 5.76 Å². The molecule has 0 radical (unpaired) electrons. The number of carbonyl (C=O) groups excluding carboxylic acids is 2. The number of ketones is 1. The Morgan fingerprint density at radius 2 is 1.89 bits per heavy atom. The number of rotatable bonds is 3. The second-order valence-electron chi connectivity index (χ2n) is 6.13. The van der Waals surface area contributed by atoms with Crippen LogP contribution in [0.5, 0.6) is 11.5 Å². The Morgan fingerprint density at radius 3 is 2.59 bits per heavy atom. The van der Waals surface area contributed by atoms with Crippen LogP contribution in [0, 0.1) is 13.8 Å². The van der Waals surface area contributed by atoms with Crippen LogP contribution in [0.3, 0.4) is 0 Å². The summed E-state index contributed by atoms with van der Waals surface area (Å²) >= 11 is 0. The van der Waals surface area contributed by atoms with Gasteiger partial charge < -0.3 is 13.9 Å². The summed E-state index contributed by atoms with van der Waals surface area (Å²) in [6.07, 6.45) is 4.58. The summed E-state index contributed by atoms with van der Waals surface area (Å²) in [5, 5.41) is 0. The number of carbonyl (C=O) groups is 2. The Balaban J connectivity index is 1.62. The lowest BCUT2D eigenvalue weighted by atomic mass is 10.0. The molecule has 27 heavy (non-hydrogen) atoms. The van der Waals surface area contributed by atoms with Crippen molar-refractivity contribution in [3.05, 3.63) is 82.8 Å². The van der Waals surface area contributed by atoms with Crippen LogP contribution in [0.4, 0.5) is 0 Å². The first-order chi connectivity index (χ1) is 13.0. The number of furan rings is 1. The maximum Gasteiger partial charge on any atom is 0.343 e. The van der Waals surface area contributed by atoms with E-state index in [4.69, 9.17) is 13.9 Å². The average molecular weight is 361 g/mol. The Bertz CT molecular complexity index is 1080. The number of allylic oxidation sites excluding steroid dienone is 1. The van der Waals surface area contributed by atoms with E-state index >= 15 is 0 Å². The van der Waals surface area contributed by atoms with E-state index in [1.54, 1.807) is 43.3 Å². The van der Waals surface area contributed by atoms with E-state index in [0.717, 1.165) is 5.76 Å². The third kappa shape index (κ3) is 3.25. The molecule has 1 aromatic carbocycles. The van der Waals surface area contributed by atoms with Gasteiger partial charge >= 0.3 is 5.97 Å². The largest absolute Gasteiger partial charge is 0.462 e. The second kappa shape index (κ2) is 6.57. The predicted molar refractivity (Wildman–Crippen MR) is 96.8 cm³/mol. The van der Waals surface area contributed by atoms with Crippen LogP contribution in [0.2, 0.25) is 0 Å². The maximum atomic E-state index is 12.6. The molecule has 0 aliphatic carbocycles. The number of Topliss-reactive ketones (excluding diaryl/α,β-unsaturated/α-hetero) is 1. The molecule has 4 rings (SSSR count). The summed E-state index contributed by atoms with van der Waals surface area (Å²) < 4.78 is 16.6. The highest BCUT2D eigenvalue weighted by Gasteiger charge is 2.30. The minimum atomic E-state index is -0.511. The van der Waals surface area contributed by atoms with E-state index in [0.29, 0.717) is 33.9 Å². The summed E-state index contributed by atoms with van der Waals surface area (Å²) in [7, 11) is 0. The quantitative estimate of drug-likeness (QED) is 0.397. The number of esters is 1. The molecule has 1 aliphatic rings. The van der Waals surface area contributed by atoms with Crippen molar-refractivity contribution in [2.24, 2.45) is 0 Å². The monoisotopic (exact) mass is 361 g/mol. The van der Waals surface area contributed by atoms with E-state index < -0.39 is 5.97 Å². The van der Waals surface area contributed by atoms with E-state index in [1.807, 2.05) is 6.92 Å². The third-order valence-corrected chi connectivity index (χ3v) is 4.10. The van der Waals surface area contributed by atoms with Crippen molar-refractivity contribution in [3.8, 4) is 11.5 Å². The Hall–Kier alpha value is -3.67. The number of hydrogen-bond acceptors (Lipinski definition) is 6. The molecule has 2 aromatic heterocycles. The van der Waals surface area contributed by atoms with E-state index in [9.17, 15) is 9.59 Å². The number of benzene rings is 1. The Morgan fingerprint density at radius 1 is 1.11 bits per heavy atom. The predicted octanol–water partition coefficient (Wildman–Crippen LogP) is 4.13. The lowest BCUT2D eigenvalue weighted by Gasteiger charge is -2.07. The fourth-order valence-corrected chi connectivity index (χ4v) is 2.85. The summed E-state index contributed by atoms with van der Waals surface area (Å²) in [6, 6.07) is 9.87. The molecule has 6 heteroatoms. The van der Waals surface area contributed by atoms with Gasteiger partial charge in [-0.2, -0.15) is 0 Å². The van der Waals surface area contributed by atoms with Gasteiger partial charge in [-0.25, -0.2) is 4.79 Å². The van der Waals surface area contributed by atoms with Gasteiger partial charge in [0.1, 0.15) is 23.0 Å². The molecule has 0 N–H and O–H groups in total. The summed E-state index contributed by atoms with van der Waals surface area (Å²) in [6.45, 7) is 3.59. The van der Waals surface area contributed by atoms with Crippen LogP contribution >= 0.6 is 0 Å². The summed E-state index contributed by atoms with van der Waals surface area (Å²) in [5.41, 5.74) is 1.50. The van der Waals surface area contributed by atoms with Gasteiger partial charge in [0.2, 0.25) is 5.78 Å². The van der Waals surface area contributed by atoms with Crippen molar-refractivity contribution in [1.82, 2.24) is 4.98 Å². The zero-order valence-electron chi connectivity index (χ0n) is 14.7. The van der Waals surface area contributed by atoms with Crippen molar-refractivity contribution in [2.75, 3.05) is 0 Å². The third-order valence-electron chi connectivity index (χ3n) is 4.10. The van der Waals surface area contributed by atoms with Crippen molar-refractivity contribution < 1.29 is 23.5 Å². The lowest BCUT2D eigenvalue weighted by molar-refractivity contribution is 0.0734. The molecule has 3 heterocycles. The number of aromatic nitrogens is 1. The summed E-state index contributed by atoms with van der Waals surface area (Å²) in [4.78, 5) is 28.7. The van der Waals surface area contributed by atoms with Gasteiger partial charge in [-0.15, -0.1) is 0 Å². The van der Waals surface area contributed by atoms with Crippen LogP contribution in [0.1, 0.15) is 37.8 Å². The van der Waals surface area contributed by atoms with Gasteiger partial charge in [-0.3, -0.25) is 9.78 Å². The first kappa shape index (κ1) is 16.8. The van der Waals surface area contributed by atoms with Crippen molar-refractivity contribution >= 4 is 17.8 Å². The van der Waals surface area contributed by atoms with Gasteiger partial charge in [0.05, 0.1) is 11.1 Å². The second-order valence-corrected chi connectivity index (χ2v) is 6.13. The van der Waals surface area contributed by atoms with Crippen molar-refractivity contribution in [1.29, 1.82) is 0 Å². The van der Waals surface area contributed by atoms with E-state index in [-0.39, 0.29) is 11.5 Å². The van der Waals surface area contributed by atoms with Crippen LogP contribution in [0.15, 0.2) is 59.0 Å². The van der Waals surface area contributed by atoms with Crippen molar-refractivity contribution in [3.63, 3.8) is 0 Å². The van der Waals surface area contributed by atoms with Crippen LogP contribution in [-0.4, -0.2) is 16.7 Å². The molecule has 1 aliphatic heterocycles. The molecule has 0 spiro atoms. The highest BCUT2D eigenvalue weighted by molar-refractivity contribution is 6.15. The van der Waals surface area contributed by atoms with Gasteiger partial charge in [-0.05, 0) is 49.7 Å². The number of nitrogens with zero attached hydrogens (tertiary/aromatic N) is 1. The zero-order valence-corrected chi connectivity index (χ0v) is 14.7. The number of aryl methyl sites for hydroxylation is 2. The van der Waals surface area contributed by atoms with Gasteiger partial charge in [0, 0.05) is 24.5 Å². The minimum Gasteiger partial charge on any atom is -0.462 e. The number of pyridine rings is 1. The molecule has 0 saturated carbocycles. The highest BCUT2D eigenvalue weighted by Crippen LogP contribution is 2.37. The Kier molecular flexibility index (Phi) is 4.08. The first-order valence-electron chi connectivity index (χ1n) is 8.29. The SMILES string of the molecule is Cc1ccc(/C=C2\Oc3cc(OC(=O)c4ccncc4)cc(C)c3C2=O)o1. The highest BCUT2D eigenvalue weighted by atomic mass is 16.5. The minimum absolute atomic E-state index is 0.167. The maximum absolute atomic E-state index is 12.6. The smallest absolute Gasteiger partial charge is 0.343 e. The molecular formula is C21H15NO5. The molecule has 6 nitrogen and oxygen atoms in total. The first-order valence-corrected chi connectivity index (χ1v) is 8.29. The summed E-state index contributed by atoms with van der Waals surface area (Å²) in [5.74, 6) is 1.35. The molecule has 134 valence electrons. The molecule has 0 amide bonds. The molecule has 3 aromatic rings. The number of fused-ring (bicyclic) bond motifs is 1. The van der Waals surface area contributed by atoms with E-state index in [2.05, 4.69) is 4.98 Å². The van der Waals surface area contributed by atoms with Crippen LogP contribution < -0.4 is 9.47 Å². The standard InChI is InChI=1S/C21H15NO5/c1-12-9-16(26-21(24)14-5-7-22-8-6-14)11-17-19(12)20(23)18(27-17)10-15-4-3-13(2)25-15/h3-11H,1-2H3/b18-10-. The van der Waals surface area contributed by atoms with Crippen LogP contribution in [-0.2, 0) is 0 Å². The normalized spacial score (nSPS) is 14.1. The van der Waals surface area contributed by atoms with Gasteiger partial charge in [-0.1, -0.05) is 0 Å². The molecular weight excluding hydrogens is 346 g/mol. The van der Waals surface area contributed by atoms with Gasteiger partial charge in [0.25, 0.3) is 0 Å². The lowest BCUT2D eigenvalue weighted by Crippen LogP contribution is -2.08. The Labute approximate surface area is 155 Å². The average Bonchev–Trinajstić information content (AvgIpc) is 3.19. The topological polar surface area (TPSA) is 78.6 Å². The number of ether oxygens (including phenoxy) is 2. The number of hydrogen-bond donors (Lipinski definition) is 0. The molecule has 0 bridgehead atoms. The van der Waals surface area contributed by atoms with Crippen molar-refractivity contribution in [2.45, 2.75) is 13.8 Å². The molecule has 0 atom stereocenters. The molecule has 0 fully saturated rings. The fourth-order valence-electron chi connectivity index (χ4n) is 2.85. The fraction of sp³-hybridized carbons (Fsp3) is 0.0952. The van der Waals surface area contributed by atoms with Crippen LogP contribution in [0.25, 0.3) is 6.08 Å². The molecule has 0 unspecified atom stereocenters.